The summed E-state index contributed by atoms with van der Waals surface area (Å²) in [4.78, 5) is 23.2. The lowest BCUT2D eigenvalue weighted by molar-refractivity contribution is -0.134. The Morgan fingerprint density at radius 2 is 1.70 bits per heavy atom. The molecule has 0 saturated carbocycles. The van der Waals surface area contributed by atoms with Gasteiger partial charge in [0.15, 0.2) is 6.10 Å². The van der Waals surface area contributed by atoms with Gasteiger partial charge in [-0.1, -0.05) is 13.8 Å². The molecule has 2 unspecified atom stereocenters. The molecule has 5 nitrogen and oxygen atoms in total. The van der Waals surface area contributed by atoms with Crippen molar-refractivity contribution >= 4 is 11.8 Å². The molecule has 20 heavy (non-hydrogen) atoms. The summed E-state index contributed by atoms with van der Waals surface area (Å²) in [6.07, 6.45) is -0.124. The first-order valence-corrected chi connectivity index (χ1v) is 6.46. The second-order valence-corrected chi connectivity index (χ2v) is 4.50. The lowest BCUT2D eigenvalue weighted by atomic mass is 10.1. The fraction of sp³-hybridized carbons (Fsp3) is 0.429. The summed E-state index contributed by atoms with van der Waals surface area (Å²) in [6, 6.07) is 5.34. The van der Waals surface area contributed by atoms with Crippen molar-refractivity contribution < 1.29 is 18.7 Å². The molecule has 0 radical (unpaired) electrons. The minimum Gasteiger partial charge on any atom is -0.481 e. The number of benzene rings is 1. The van der Waals surface area contributed by atoms with Crippen molar-refractivity contribution in [1.82, 2.24) is 10.9 Å². The van der Waals surface area contributed by atoms with Crippen molar-refractivity contribution in [1.29, 1.82) is 0 Å². The Balaban J connectivity index is 2.43. The van der Waals surface area contributed by atoms with Crippen LogP contribution in [0, 0.1) is 11.7 Å². The second-order valence-electron chi connectivity index (χ2n) is 4.50. The van der Waals surface area contributed by atoms with E-state index >= 15 is 0 Å². The first-order valence-electron chi connectivity index (χ1n) is 6.46. The SMILES string of the molecule is CCC(C)C(=O)NNC(=O)C(C)Oc1ccc(F)cc1. The first kappa shape index (κ1) is 15.9. The van der Waals surface area contributed by atoms with Gasteiger partial charge in [0.1, 0.15) is 11.6 Å². The maximum atomic E-state index is 12.7. The molecule has 0 spiro atoms. The molecular weight excluding hydrogens is 263 g/mol. The van der Waals surface area contributed by atoms with Gasteiger partial charge in [-0.2, -0.15) is 0 Å². The van der Waals surface area contributed by atoms with Crippen molar-refractivity contribution in [3.05, 3.63) is 30.1 Å². The van der Waals surface area contributed by atoms with Crippen LogP contribution in [0.5, 0.6) is 5.75 Å². The Bertz CT molecular complexity index is 462. The van der Waals surface area contributed by atoms with E-state index in [1.807, 2.05) is 6.92 Å². The van der Waals surface area contributed by atoms with Crippen LogP contribution in [-0.4, -0.2) is 17.9 Å². The summed E-state index contributed by atoms with van der Waals surface area (Å²) in [5.41, 5.74) is 4.62. The predicted molar refractivity (Wildman–Crippen MR) is 72.2 cm³/mol. The number of halogens is 1. The zero-order valence-corrected chi connectivity index (χ0v) is 11.8. The largest absolute Gasteiger partial charge is 0.481 e. The van der Waals surface area contributed by atoms with E-state index in [-0.39, 0.29) is 17.6 Å². The highest BCUT2D eigenvalue weighted by molar-refractivity contribution is 5.85. The van der Waals surface area contributed by atoms with Gasteiger partial charge in [0.05, 0.1) is 0 Å². The van der Waals surface area contributed by atoms with Crippen LogP contribution in [0.15, 0.2) is 24.3 Å². The van der Waals surface area contributed by atoms with Gasteiger partial charge in [0, 0.05) is 5.92 Å². The van der Waals surface area contributed by atoms with Crippen molar-refractivity contribution in [2.45, 2.75) is 33.3 Å². The number of nitrogens with one attached hydrogen (secondary N) is 2. The Kier molecular flexibility index (Phi) is 5.96. The fourth-order valence-electron chi connectivity index (χ4n) is 1.30. The van der Waals surface area contributed by atoms with Crippen LogP contribution in [0.4, 0.5) is 4.39 Å². The Morgan fingerprint density at radius 3 is 2.25 bits per heavy atom. The average molecular weight is 282 g/mol. The summed E-state index contributed by atoms with van der Waals surface area (Å²) in [7, 11) is 0. The number of hydrogen-bond acceptors (Lipinski definition) is 3. The molecule has 110 valence electrons. The highest BCUT2D eigenvalue weighted by Crippen LogP contribution is 2.12. The Hall–Kier alpha value is -2.11. The number of amides is 2. The molecule has 1 aromatic carbocycles. The van der Waals surface area contributed by atoms with Gasteiger partial charge < -0.3 is 4.74 Å². The maximum absolute atomic E-state index is 12.7. The fourth-order valence-corrected chi connectivity index (χ4v) is 1.30. The van der Waals surface area contributed by atoms with E-state index in [1.54, 1.807) is 6.92 Å². The normalized spacial score (nSPS) is 13.2. The zero-order chi connectivity index (χ0) is 15.1. The third-order valence-electron chi connectivity index (χ3n) is 2.86. The molecule has 2 N–H and O–H groups in total. The maximum Gasteiger partial charge on any atom is 0.279 e. The number of hydrogen-bond donors (Lipinski definition) is 2. The monoisotopic (exact) mass is 282 g/mol. The van der Waals surface area contributed by atoms with Crippen LogP contribution in [0.25, 0.3) is 0 Å². The third kappa shape index (κ3) is 4.87. The highest BCUT2D eigenvalue weighted by Gasteiger charge is 2.17. The van der Waals surface area contributed by atoms with Crippen molar-refractivity contribution in [2.24, 2.45) is 5.92 Å². The number of rotatable bonds is 5. The van der Waals surface area contributed by atoms with Crippen LogP contribution >= 0.6 is 0 Å². The molecule has 2 amide bonds. The third-order valence-corrected chi connectivity index (χ3v) is 2.86. The molecule has 0 saturated heterocycles. The van der Waals surface area contributed by atoms with Gasteiger partial charge in [0.2, 0.25) is 5.91 Å². The Labute approximate surface area is 117 Å². The van der Waals surface area contributed by atoms with E-state index in [1.165, 1.54) is 31.2 Å². The van der Waals surface area contributed by atoms with E-state index in [0.717, 1.165) is 0 Å². The van der Waals surface area contributed by atoms with Gasteiger partial charge in [-0.3, -0.25) is 20.4 Å². The second kappa shape index (κ2) is 7.47. The van der Waals surface area contributed by atoms with E-state index in [0.29, 0.717) is 12.2 Å². The molecule has 1 rings (SSSR count). The van der Waals surface area contributed by atoms with Gasteiger partial charge in [-0.25, -0.2) is 4.39 Å². The lowest BCUT2D eigenvalue weighted by Gasteiger charge is -2.16. The van der Waals surface area contributed by atoms with Gasteiger partial charge in [0.25, 0.3) is 5.91 Å². The molecule has 1 aromatic rings. The topological polar surface area (TPSA) is 67.4 Å². The molecule has 0 aliphatic heterocycles. The smallest absolute Gasteiger partial charge is 0.279 e. The van der Waals surface area contributed by atoms with Crippen LogP contribution in [0.2, 0.25) is 0 Å². The lowest BCUT2D eigenvalue weighted by Crippen LogP contribution is -2.48. The van der Waals surface area contributed by atoms with Crippen LogP contribution in [-0.2, 0) is 9.59 Å². The number of ether oxygens (including phenoxy) is 1. The number of carbonyl (C=O) groups excluding carboxylic acids is 2. The number of hydrazine groups is 1. The summed E-state index contributed by atoms with van der Waals surface area (Å²) >= 11 is 0. The quantitative estimate of drug-likeness (QED) is 0.809. The molecule has 0 aromatic heterocycles. The van der Waals surface area contributed by atoms with E-state index in [4.69, 9.17) is 4.74 Å². The summed E-state index contributed by atoms with van der Waals surface area (Å²) in [5, 5.41) is 0. The van der Waals surface area contributed by atoms with Crippen molar-refractivity contribution in [3.8, 4) is 5.75 Å². The molecule has 0 bridgehead atoms. The van der Waals surface area contributed by atoms with Gasteiger partial charge >= 0.3 is 0 Å². The summed E-state index contributed by atoms with van der Waals surface area (Å²) in [6.45, 7) is 5.18. The van der Waals surface area contributed by atoms with Crippen molar-refractivity contribution in [2.75, 3.05) is 0 Å². The van der Waals surface area contributed by atoms with Gasteiger partial charge in [-0.05, 0) is 37.6 Å². The minimum absolute atomic E-state index is 0.177. The van der Waals surface area contributed by atoms with E-state index in [2.05, 4.69) is 10.9 Å². The van der Waals surface area contributed by atoms with Crippen molar-refractivity contribution in [3.63, 3.8) is 0 Å². The highest BCUT2D eigenvalue weighted by atomic mass is 19.1. The zero-order valence-electron chi connectivity index (χ0n) is 11.8. The molecule has 2 atom stereocenters. The van der Waals surface area contributed by atoms with Crippen LogP contribution in [0.1, 0.15) is 27.2 Å². The van der Waals surface area contributed by atoms with Crippen LogP contribution in [0.3, 0.4) is 0 Å². The van der Waals surface area contributed by atoms with Crippen LogP contribution < -0.4 is 15.6 Å². The standard InChI is InChI=1S/C14H19FN2O3/c1-4-9(2)13(18)16-17-14(19)10(3)20-12-7-5-11(15)6-8-12/h5-10H,4H2,1-3H3,(H,16,18)(H,17,19). The average Bonchev–Trinajstić information content (AvgIpc) is 2.45. The van der Waals surface area contributed by atoms with E-state index < -0.39 is 12.0 Å². The number of carbonyl (C=O) groups is 2. The molecule has 0 aliphatic carbocycles. The van der Waals surface area contributed by atoms with E-state index in [9.17, 15) is 14.0 Å². The summed E-state index contributed by atoms with van der Waals surface area (Å²) in [5.74, 6) is -0.915. The molecule has 0 fully saturated rings. The predicted octanol–water partition coefficient (Wildman–Crippen LogP) is 1.79. The minimum atomic E-state index is -0.808. The Morgan fingerprint density at radius 1 is 1.15 bits per heavy atom. The molecular formula is C14H19FN2O3. The summed E-state index contributed by atoms with van der Waals surface area (Å²) < 4.78 is 18.0. The molecule has 0 heterocycles. The van der Waals surface area contributed by atoms with Gasteiger partial charge in [-0.15, -0.1) is 0 Å². The molecule has 0 aliphatic rings. The molecule has 6 heteroatoms. The first-order chi connectivity index (χ1) is 9.43.